The Bertz CT molecular complexity index is 1120. The number of nitrogens with one attached hydrogen (secondary N) is 1. The standard InChI is InChI=1S/C27H35N3O3/c1-18(2)29-14-21(24(32)28-13-19-9-7-6-8-10-19)23(31)22(15-29)25(33)30-17-27(5)12-20(30)11-26(3,4)16-27/h6-10,14-15,18,20H,11-13,16-17H2,1-5H3,(H,28,32)/t20-,27-/m1/s1. The summed E-state index contributed by atoms with van der Waals surface area (Å²) in [5.41, 5.74) is 0.799. The molecule has 2 aliphatic rings. The number of hydrogen-bond acceptors (Lipinski definition) is 3. The second-order valence-corrected chi connectivity index (χ2v) is 11.3. The van der Waals surface area contributed by atoms with Crippen LogP contribution >= 0.6 is 0 Å². The number of fused-ring (bicyclic) bond motifs is 2. The van der Waals surface area contributed by atoms with Crippen LogP contribution < -0.4 is 10.7 Å². The van der Waals surface area contributed by atoms with E-state index in [0.29, 0.717) is 13.1 Å². The molecule has 1 N–H and O–H groups in total. The zero-order valence-electron chi connectivity index (χ0n) is 20.4. The van der Waals surface area contributed by atoms with Gasteiger partial charge >= 0.3 is 0 Å². The number of pyridine rings is 1. The van der Waals surface area contributed by atoms with E-state index in [1.165, 1.54) is 0 Å². The smallest absolute Gasteiger partial charge is 0.259 e. The fourth-order valence-corrected chi connectivity index (χ4v) is 5.94. The fraction of sp³-hybridized carbons (Fsp3) is 0.519. The highest BCUT2D eigenvalue weighted by atomic mass is 16.2. The molecule has 0 unspecified atom stereocenters. The van der Waals surface area contributed by atoms with Crippen molar-refractivity contribution in [1.82, 2.24) is 14.8 Å². The molecule has 1 saturated carbocycles. The molecule has 1 aliphatic heterocycles. The van der Waals surface area contributed by atoms with Crippen LogP contribution in [-0.4, -0.2) is 33.9 Å². The number of amides is 2. The summed E-state index contributed by atoms with van der Waals surface area (Å²) in [4.78, 5) is 41.9. The SMILES string of the molecule is CC(C)n1cc(C(=O)NCc2ccccc2)c(=O)c(C(=O)N2C[C@]3(C)C[C@H]2CC(C)(C)C3)c1. The molecule has 2 amide bonds. The lowest BCUT2D eigenvalue weighted by Crippen LogP contribution is -2.41. The van der Waals surface area contributed by atoms with E-state index in [1.54, 1.807) is 17.0 Å². The summed E-state index contributed by atoms with van der Waals surface area (Å²) in [6.07, 6.45) is 6.16. The fourth-order valence-electron chi connectivity index (χ4n) is 5.94. The lowest BCUT2D eigenvalue weighted by Gasteiger charge is -2.39. The summed E-state index contributed by atoms with van der Waals surface area (Å²) in [6, 6.07) is 9.69. The second kappa shape index (κ2) is 8.47. The van der Waals surface area contributed by atoms with Crippen LogP contribution in [0, 0.1) is 10.8 Å². The van der Waals surface area contributed by atoms with Crippen LogP contribution in [0.5, 0.6) is 0 Å². The van der Waals surface area contributed by atoms with Crippen molar-refractivity contribution in [3.05, 3.63) is 69.6 Å². The van der Waals surface area contributed by atoms with Gasteiger partial charge in [0.25, 0.3) is 11.8 Å². The van der Waals surface area contributed by atoms with E-state index < -0.39 is 11.3 Å². The van der Waals surface area contributed by atoms with Gasteiger partial charge in [0.2, 0.25) is 5.43 Å². The van der Waals surface area contributed by atoms with Gasteiger partial charge in [0.05, 0.1) is 0 Å². The number of nitrogens with zero attached hydrogens (tertiary/aromatic N) is 2. The third-order valence-corrected chi connectivity index (χ3v) is 7.09. The number of likely N-dealkylation sites (tertiary alicyclic amines) is 1. The molecular weight excluding hydrogens is 414 g/mol. The van der Waals surface area contributed by atoms with Gasteiger partial charge in [-0.1, -0.05) is 51.1 Å². The Kier molecular flexibility index (Phi) is 5.97. The van der Waals surface area contributed by atoms with Gasteiger partial charge in [0, 0.05) is 37.6 Å². The molecule has 2 bridgehead atoms. The van der Waals surface area contributed by atoms with Crippen LogP contribution in [0.2, 0.25) is 0 Å². The van der Waals surface area contributed by atoms with E-state index in [-0.39, 0.29) is 39.9 Å². The largest absolute Gasteiger partial charge is 0.350 e. The summed E-state index contributed by atoms with van der Waals surface area (Å²) in [5.74, 6) is -0.709. The first kappa shape index (κ1) is 23.3. The Labute approximate surface area is 196 Å². The van der Waals surface area contributed by atoms with E-state index >= 15 is 0 Å². The van der Waals surface area contributed by atoms with E-state index in [9.17, 15) is 14.4 Å². The van der Waals surface area contributed by atoms with Crippen LogP contribution in [0.1, 0.15) is 86.2 Å². The zero-order valence-corrected chi connectivity index (χ0v) is 20.4. The van der Waals surface area contributed by atoms with Crippen LogP contribution in [0.25, 0.3) is 0 Å². The highest BCUT2D eigenvalue weighted by Gasteiger charge is 2.51. The van der Waals surface area contributed by atoms with Crippen molar-refractivity contribution in [2.45, 2.75) is 72.5 Å². The highest BCUT2D eigenvalue weighted by molar-refractivity contribution is 5.99. The molecule has 1 aliphatic carbocycles. The first-order valence-electron chi connectivity index (χ1n) is 11.9. The molecule has 2 fully saturated rings. The van der Waals surface area contributed by atoms with Gasteiger partial charge in [0.15, 0.2) is 0 Å². The predicted octanol–water partition coefficient (Wildman–Crippen LogP) is 4.40. The number of aromatic nitrogens is 1. The quantitative estimate of drug-likeness (QED) is 0.735. The van der Waals surface area contributed by atoms with E-state index in [4.69, 9.17) is 0 Å². The minimum atomic E-state index is -0.492. The Hall–Kier alpha value is -2.89. The number of benzene rings is 1. The lowest BCUT2D eigenvalue weighted by atomic mass is 9.65. The topological polar surface area (TPSA) is 71.4 Å². The van der Waals surface area contributed by atoms with Crippen molar-refractivity contribution in [2.24, 2.45) is 10.8 Å². The summed E-state index contributed by atoms with van der Waals surface area (Å²) >= 11 is 0. The van der Waals surface area contributed by atoms with Gasteiger partial charge < -0.3 is 14.8 Å². The molecule has 1 aromatic heterocycles. The van der Waals surface area contributed by atoms with Gasteiger partial charge in [-0.25, -0.2) is 0 Å². The van der Waals surface area contributed by atoms with Gasteiger partial charge in [-0.15, -0.1) is 0 Å². The average molecular weight is 450 g/mol. The maximum atomic E-state index is 13.7. The molecule has 6 nitrogen and oxygen atoms in total. The Morgan fingerprint density at radius 1 is 1.06 bits per heavy atom. The molecule has 0 spiro atoms. The summed E-state index contributed by atoms with van der Waals surface area (Å²) < 4.78 is 1.79. The molecular formula is C27H35N3O3. The molecule has 2 heterocycles. The van der Waals surface area contributed by atoms with Gasteiger partial charge in [-0.3, -0.25) is 14.4 Å². The summed E-state index contributed by atoms with van der Waals surface area (Å²) in [7, 11) is 0. The molecule has 2 aromatic rings. The predicted molar refractivity (Wildman–Crippen MR) is 129 cm³/mol. The average Bonchev–Trinajstić information content (AvgIpc) is 3.00. The number of rotatable bonds is 5. The summed E-state index contributed by atoms with van der Waals surface area (Å²) in [5, 5.41) is 2.83. The Morgan fingerprint density at radius 3 is 2.39 bits per heavy atom. The van der Waals surface area contributed by atoms with E-state index in [2.05, 4.69) is 26.1 Å². The van der Waals surface area contributed by atoms with Gasteiger partial charge in [-0.05, 0) is 49.5 Å². The van der Waals surface area contributed by atoms with Crippen LogP contribution in [0.4, 0.5) is 0 Å². The van der Waals surface area contributed by atoms with Crippen LogP contribution in [-0.2, 0) is 6.54 Å². The van der Waals surface area contributed by atoms with Crippen molar-refractivity contribution >= 4 is 11.8 Å². The van der Waals surface area contributed by atoms with Crippen molar-refractivity contribution in [2.75, 3.05) is 6.54 Å². The number of hydrogen-bond donors (Lipinski definition) is 1. The number of carbonyl (C=O) groups excluding carboxylic acids is 2. The Morgan fingerprint density at radius 2 is 1.73 bits per heavy atom. The molecule has 1 aromatic carbocycles. The normalized spacial score (nSPS) is 23.6. The molecule has 6 heteroatoms. The monoisotopic (exact) mass is 449 g/mol. The van der Waals surface area contributed by atoms with Crippen molar-refractivity contribution in [1.29, 1.82) is 0 Å². The molecule has 176 valence electrons. The third kappa shape index (κ3) is 4.75. The van der Waals surface area contributed by atoms with Gasteiger partial charge in [0.1, 0.15) is 11.1 Å². The first-order valence-corrected chi connectivity index (χ1v) is 11.9. The number of carbonyl (C=O) groups is 2. The second-order valence-electron chi connectivity index (χ2n) is 11.3. The molecule has 2 atom stereocenters. The van der Waals surface area contributed by atoms with Gasteiger partial charge in [-0.2, -0.15) is 0 Å². The molecule has 0 radical (unpaired) electrons. The highest BCUT2D eigenvalue weighted by Crippen LogP contribution is 2.52. The first-order chi connectivity index (χ1) is 15.5. The van der Waals surface area contributed by atoms with E-state index in [0.717, 1.165) is 24.8 Å². The van der Waals surface area contributed by atoms with Crippen LogP contribution in [0.3, 0.4) is 0 Å². The molecule has 33 heavy (non-hydrogen) atoms. The molecule has 1 saturated heterocycles. The Balaban J connectivity index is 1.64. The van der Waals surface area contributed by atoms with Crippen LogP contribution in [0.15, 0.2) is 47.5 Å². The lowest BCUT2D eigenvalue weighted by molar-refractivity contribution is 0.0706. The maximum absolute atomic E-state index is 13.7. The maximum Gasteiger partial charge on any atom is 0.259 e. The van der Waals surface area contributed by atoms with Crippen molar-refractivity contribution in [3.63, 3.8) is 0 Å². The van der Waals surface area contributed by atoms with E-state index in [1.807, 2.05) is 49.1 Å². The minimum absolute atomic E-state index is 0.00656. The van der Waals surface area contributed by atoms with Crippen molar-refractivity contribution in [3.8, 4) is 0 Å². The van der Waals surface area contributed by atoms with Crippen molar-refractivity contribution < 1.29 is 9.59 Å². The minimum Gasteiger partial charge on any atom is -0.350 e. The summed E-state index contributed by atoms with van der Waals surface area (Å²) in [6.45, 7) is 11.7. The zero-order chi connectivity index (χ0) is 24.0. The molecule has 4 rings (SSSR count). The third-order valence-electron chi connectivity index (χ3n) is 7.09.